The first-order chi connectivity index (χ1) is 19.7. The first-order valence-electron chi connectivity index (χ1n) is 13.1. The van der Waals surface area contributed by atoms with Crippen LogP contribution in [-0.4, -0.2) is 36.8 Å². The van der Waals surface area contributed by atoms with Crippen molar-refractivity contribution in [3.05, 3.63) is 94.6 Å². The highest BCUT2D eigenvalue weighted by Crippen LogP contribution is 2.46. The summed E-state index contributed by atoms with van der Waals surface area (Å²) in [6.07, 6.45) is 0.846. The number of fused-ring (bicyclic) bond motifs is 2. The molecule has 12 heteroatoms. The summed E-state index contributed by atoms with van der Waals surface area (Å²) >= 11 is 3.14. The number of aromatic nitrogens is 1. The summed E-state index contributed by atoms with van der Waals surface area (Å²) in [5, 5.41) is 4.63. The second kappa shape index (κ2) is 12.1. The average molecular weight is 643 g/mol. The van der Waals surface area contributed by atoms with E-state index in [1.54, 1.807) is 40.9 Å². The van der Waals surface area contributed by atoms with E-state index in [2.05, 4.69) is 28.8 Å². The molecule has 1 aliphatic heterocycles. The monoisotopic (exact) mass is 642 g/mol. The van der Waals surface area contributed by atoms with Crippen molar-refractivity contribution in [2.24, 2.45) is 0 Å². The highest BCUT2D eigenvalue weighted by molar-refractivity contribution is 7.92. The number of hydrogen-bond donors (Lipinski definition) is 2. The van der Waals surface area contributed by atoms with Crippen LogP contribution < -0.4 is 10.0 Å². The predicted octanol–water partition coefficient (Wildman–Crippen LogP) is 7.41. The molecule has 5 aromatic rings. The van der Waals surface area contributed by atoms with Gasteiger partial charge < -0.3 is 5.32 Å². The van der Waals surface area contributed by atoms with Gasteiger partial charge in [0.1, 0.15) is 15.8 Å². The molecule has 0 atom stereocenters. The fourth-order valence-electron chi connectivity index (χ4n) is 4.92. The second-order valence-corrected chi connectivity index (χ2v) is 13.9. The molecule has 0 saturated heterocycles. The molecule has 6 rings (SSSR count). The van der Waals surface area contributed by atoms with E-state index in [-0.39, 0.29) is 28.6 Å². The number of amides is 1. The van der Waals surface area contributed by atoms with E-state index in [1.807, 2.05) is 24.3 Å². The summed E-state index contributed by atoms with van der Waals surface area (Å²) < 4.78 is 43.0. The lowest BCUT2D eigenvalue weighted by Gasteiger charge is -2.30. The van der Waals surface area contributed by atoms with Crippen molar-refractivity contribution in [2.45, 2.75) is 37.8 Å². The number of thiophene rings is 1. The van der Waals surface area contributed by atoms with Gasteiger partial charge in [0.05, 0.1) is 26.4 Å². The van der Waals surface area contributed by atoms with Gasteiger partial charge in [-0.15, -0.1) is 35.1 Å². The smallest absolute Gasteiger partial charge is 0.261 e. The fourth-order valence-corrected chi connectivity index (χ4v) is 8.37. The van der Waals surface area contributed by atoms with Gasteiger partial charge in [-0.3, -0.25) is 14.4 Å². The van der Waals surface area contributed by atoms with Gasteiger partial charge >= 0.3 is 0 Å². The Balaban J connectivity index is 0.00000353. The molecule has 0 spiro atoms. The second-order valence-electron chi connectivity index (χ2n) is 10.1. The molecule has 1 amide bonds. The van der Waals surface area contributed by atoms with E-state index in [0.717, 1.165) is 52.4 Å². The summed E-state index contributed by atoms with van der Waals surface area (Å²) in [4.78, 5) is 22.1. The van der Waals surface area contributed by atoms with Crippen LogP contribution in [0.2, 0.25) is 0 Å². The molecule has 0 radical (unpaired) electrons. The number of nitrogens with one attached hydrogen (secondary N) is 2. The molecule has 3 heterocycles. The largest absolute Gasteiger partial charge is 0.313 e. The lowest BCUT2D eigenvalue weighted by Crippen LogP contribution is -2.35. The third kappa shape index (κ3) is 5.93. The maximum absolute atomic E-state index is 13.7. The van der Waals surface area contributed by atoms with Crippen molar-refractivity contribution in [3.8, 4) is 10.6 Å². The molecule has 3 aromatic carbocycles. The summed E-state index contributed by atoms with van der Waals surface area (Å²) in [6.45, 7) is 6.07. The number of halogens is 2. The van der Waals surface area contributed by atoms with Crippen molar-refractivity contribution >= 4 is 71.9 Å². The minimum absolute atomic E-state index is 0. The minimum Gasteiger partial charge on any atom is -0.313 e. The highest BCUT2D eigenvalue weighted by Gasteiger charge is 2.29. The molecule has 1 aliphatic rings. The molecule has 0 aliphatic carbocycles. The van der Waals surface area contributed by atoms with Gasteiger partial charge in [-0.1, -0.05) is 24.3 Å². The maximum Gasteiger partial charge on any atom is 0.261 e. The van der Waals surface area contributed by atoms with Crippen molar-refractivity contribution in [2.75, 3.05) is 16.6 Å². The Bertz CT molecular complexity index is 1840. The van der Waals surface area contributed by atoms with Crippen molar-refractivity contribution in [3.63, 3.8) is 0 Å². The first kappa shape index (κ1) is 30.1. The number of benzene rings is 3. The first-order valence-corrected chi connectivity index (χ1v) is 16.2. The zero-order chi connectivity index (χ0) is 28.7. The number of carbonyl (C=O) groups is 1. The fraction of sp³-hybridized carbons (Fsp3) is 0.200. The number of carbonyl (C=O) groups excluding carboxylic acids is 1. The lowest BCUT2D eigenvalue weighted by atomic mass is 10.0. The molecule has 42 heavy (non-hydrogen) atoms. The van der Waals surface area contributed by atoms with E-state index in [0.29, 0.717) is 11.0 Å². The van der Waals surface area contributed by atoms with Crippen LogP contribution in [0.15, 0.2) is 77.7 Å². The average Bonchev–Trinajstić information content (AvgIpc) is 3.53. The Labute approximate surface area is 257 Å². The van der Waals surface area contributed by atoms with E-state index in [1.165, 1.54) is 28.6 Å². The molecule has 0 fully saturated rings. The molecule has 0 bridgehead atoms. The SMILES string of the molecule is CC(C)N1CCc2c(sc(NC(=O)c3ccccc3NS(=O)(=O)c3ccc(F)cc3)c2-c2nc3ccccc3s2)C1.Cl. The number of sulfonamides is 1. The van der Waals surface area contributed by atoms with Gasteiger partial charge in [0.2, 0.25) is 0 Å². The van der Waals surface area contributed by atoms with E-state index in [4.69, 9.17) is 4.98 Å². The lowest BCUT2D eigenvalue weighted by molar-refractivity contribution is 0.102. The Hall–Kier alpha value is -3.35. The Morgan fingerprint density at radius 2 is 1.71 bits per heavy atom. The maximum atomic E-state index is 13.7. The van der Waals surface area contributed by atoms with Gasteiger partial charge in [-0.25, -0.2) is 17.8 Å². The molecule has 2 N–H and O–H groups in total. The van der Waals surface area contributed by atoms with E-state index >= 15 is 0 Å². The molecule has 0 saturated carbocycles. The van der Waals surface area contributed by atoms with Gasteiger partial charge in [-0.2, -0.15) is 0 Å². The van der Waals surface area contributed by atoms with E-state index in [9.17, 15) is 17.6 Å². The third-order valence-electron chi connectivity index (χ3n) is 7.09. The van der Waals surface area contributed by atoms with Crippen LogP contribution in [0.4, 0.5) is 15.1 Å². The standard InChI is InChI=1S/C30H27FN4O3S3.ClH/c1-18(2)35-16-15-22-26(17-35)40-30(27(22)29-32-24-9-5-6-10-25(24)39-29)33-28(36)21-7-3-4-8-23(21)34-41(37,38)20-13-11-19(31)12-14-20;/h3-14,18,34H,15-17H2,1-2H3,(H,33,36);1H. The predicted molar refractivity (Wildman–Crippen MR) is 171 cm³/mol. The number of para-hydroxylation sites is 2. The number of anilines is 2. The number of thiazole rings is 1. The summed E-state index contributed by atoms with van der Waals surface area (Å²) in [5.41, 5.74) is 3.34. The zero-order valence-electron chi connectivity index (χ0n) is 22.8. The van der Waals surface area contributed by atoms with Gasteiger partial charge in [0.15, 0.2) is 0 Å². The van der Waals surface area contributed by atoms with Crippen molar-refractivity contribution in [1.82, 2.24) is 9.88 Å². The molecule has 0 unspecified atom stereocenters. The third-order valence-corrected chi connectivity index (χ3v) is 10.7. The van der Waals surface area contributed by atoms with Crippen LogP contribution in [0, 0.1) is 5.82 Å². The highest BCUT2D eigenvalue weighted by atomic mass is 35.5. The Morgan fingerprint density at radius 3 is 2.45 bits per heavy atom. The summed E-state index contributed by atoms with van der Waals surface area (Å²) in [5.74, 6) is -0.980. The van der Waals surface area contributed by atoms with Crippen LogP contribution in [0.5, 0.6) is 0 Å². The van der Waals surface area contributed by atoms with Crippen LogP contribution in [0.25, 0.3) is 20.8 Å². The topological polar surface area (TPSA) is 91.4 Å². The number of nitrogens with zero attached hydrogens (tertiary/aromatic N) is 2. The number of hydrogen-bond acceptors (Lipinski definition) is 7. The summed E-state index contributed by atoms with van der Waals surface area (Å²) in [7, 11) is -4.05. The molecule has 7 nitrogen and oxygen atoms in total. The van der Waals surface area contributed by atoms with Crippen LogP contribution in [-0.2, 0) is 23.0 Å². The molecular formula is C30H28ClFN4O3S3. The van der Waals surface area contributed by atoms with Crippen LogP contribution >= 0.6 is 35.1 Å². The molecule has 218 valence electrons. The Morgan fingerprint density at radius 1 is 1.00 bits per heavy atom. The van der Waals surface area contributed by atoms with Crippen LogP contribution in [0.3, 0.4) is 0 Å². The number of rotatable bonds is 7. The summed E-state index contributed by atoms with van der Waals surface area (Å²) in [6, 6.07) is 19.3. The van der Waals surface area contributed by atoms with Crippen molar-refractivity contribution < 1.29 is 17.6 Å². The van der Waals surface area contributed by atoms with Gasteiger partial charge in [0, 0.05) is 29.6 Å². The zero-order valence-corrected chi connectivity index (χ0v) is 26.0. The van der Waals surface area contributed by atoms with Gasteiger partial charge in [0.25, 0.3) is 15.9 Å². The molecule has 2 aromatic heterocycles. The normalized spacial score (nSPS) is 13.5. The minimum atomic E-state index is -4.05. The quantitative estimate of drug-likeness (QED) is 0.193. The Kier molecular flexibility index (Phi) is 8.68. The van der Waals surface area contributed by atoms with Crippen molar-refractivity contribution in [1.29, 1.82) is 0 Å². The van der Waals surface area contributed by atoms with Crippen LogP contribution in [0.1, 0.15) is 34.6 Å². The van der Waals surface area contributed by atoms with E-state index < -0.39 is 21.7 Å². The van der Waals surface area contributed by atoms with Gasteiger partial charge in [-0.05, 0) is 74.4 Å². The molecular weight excluding hydrogens is 615 g/mol.